The van der Waals surface area contributed by atoms with E-state index in [1.807, 2.05) is 21.1 Å². The van der Waals surface area contributed by atoms with Crippen molar-refractivity contribution in [2.24, 2.45) is 0 Å². The first-order valence-electron chi connectivity index (χ1n) is 27.8. The number of carbonyl (C=O) groups is 3. The quantitative estimate of drug-likeness (QED) is 0.0211. The maximum Gasteiger partial charge on any atom is 0.361 e. The van der Waals surface area contributed by atoms with Gasteiger partial charge in [-0.3, -0.25) is 9.59 Å². The van der Waals surface area contributed by atoms with Crippen LogP contribution in [-0.2, 0) is 33.3 Å². The summed E-state index contributed by atoms with van der Waals surface area (Å²) in [5.74, 6) is -2.01. The zero-order valence-electron chi connectivity index (χ0n) is 44.9. The Hall–Kier alpha value is -3.53. The number of carbonyl (C=O) groups excluding carboxylic acids is 2. The topological polar surface area (TPSA) is 108 Å². The number of carboxylic acid groups (broad SMARTS) is 1. The third-order valence-corrected chi connectivity index (χ3v) is 11.7. The predicted molar refractivity (Wildman–Crippen MR) is 290 cm³/mol. The van der Waals surface area contributed by atoms with Crippen molar-refractivity contribution >= 4 is 17.9 Å². The number of quaternary nitrogens is 1. The molecule has 9 heteroatoms. The SMILES string of the molecule is CC/C=C\C/C=C\C/C=C\C/C=C\C/C=C\C/C=C\C/C=C\CCCCCCCCCCCC(=O)OC(COC(=O)CCCCCCCCCCCCCCC)COC(OCC[N+](C)(C)C)C(=O)O. The molecular formula is C60H104NO8+. The van der Waals surface area contributed by atoms with Gasteiger partial charge in [0.1, 0.15) is 13.2 Å². The van der Waals surface area contributed by atoms with Gasteiger partial charge in [-0.1, -0.05) is 221 Å². The van der Waals surface area contributed by atoms with E-state index in [0.717, 1.165) is 89.9 Å². The van der Waals surface area contributed by atoms with E-state index in [1.165, 1.54) is 96.3 Å². The van der Waals surface area contributed by atoms with Crippen LogP contribution in [0, 0.1) is 0 Å². The van der Waals surface area contributed by atoms with E-state index in [0.29, 0.717) is 23.9 Å². The summed E-state index contributed by atoms with van der Waals surface area (Å²) in [5, 5.41) is 9.68. The predicted octanol–water partition coefficient (Wildman–Crippen LogP) is 16.0. The summed E-state index contributed by atoms with van der Waals surface area (Å²) in [6.07, 6.45) is 63.7. The molecule has 0 saturated carbocycles. The summed E-state index contributed by atoms with van der Waals surface area (Å²) in [7, 11) is 5.96. The first-order valence-corrected chi connectivity index (χ1v) is 27.8. The van der Waals surface area contributed by atoms with Crippen LogP contribution in [0.4, 0.5) is 0 Å². The van der Waals surface area contributed by atoms with Crippen LogP contribution in [0.2, 0.25) is 0 Å². The average molecular weight is 967 g/mol. The summed E-state index contributed by atoms with van der Waals surface area (Å²) in [5.41, 5.74) is 0. The van der Waals surface area contributed by atoms with E-state index in [9.17, 15) is 19.5 Å². The van der Waals surface area contributed by atoms with E-state index >= 15 is 0 Å². The highest BCUT2D eigenvalue weighted by molar-refractivity contribution is 5.71. The average Bonchev–Trinajstić information content (AvgIpc) is 3.31. The number of nitrogens with zero attached hydrogens (tertiary/aromatic N) is 1. The van der Waals surface area contributed by atoms with Crippen LogP contribution >= 0.6 is 0 Å². The zero-order chi connectivity index (χ0) is 50.6. The molecule has 0 heterocycles. The van der Waals surface area contributed by atoms with Gasteiger partial charge in [-0.15, -0.1) is 0 Å². The van der Waals surface area contributed by atoms with Crippen molar-refractivity contribution in [2.75, 3.05) is 47.5 Å². The maximum absolute atomic E-state index is 12.8. The van der Waals surface area contributed by atoms with Gasteiger partial charge in [-0.2, -0.15) is 0 Å². The van der Waals surface area contributed by atoms with Crippen LogP contribution in [0.5, 0.6) is 0 Å². The number of hydrogen-bond donors (Lipinski definition) is 1. The second kappa shape index (κ2) is 50.8. The molecule has 0 spiro atoms. The highest BCUT2D eigenvalue weighted by Gasteiger charge is 2.25. The molecule has 0 bridgehead atoms. The molecule has 0 saturated heterocycles. The second-order valence-corrected chi connectivity index (χ2v) is 19.5. The molecule has 396 valence electrons. The van der Waals surface area contributed by atoms with Gasteiger partial charge in [0, 0.05) is 12.8 Å². The fourth-order valence-corrected chi connectivity index (χ4v) is 7.40. The molecular weight excluding hydrogens is 863 g/mol. The van der Waals surface area contributed by atoms with Crippen molar-refractivity contribution in [3.8, 4) is 0 Å². The Morgan fingerprint density at radius 1 is 0.449 bits per heavy atom. The van der Waals surface area contributed by atoms with Crippen molar-refractivity contribution in [1.29, 1.82) is 0 Å². The van der Waals surface area contributed by atoms with Crippen LogP contribution < -0.4 is 0 Å². The Labute approximate surface area is 423 Å². The lowest BCUT2D eigenvalue weighted by Gasteiger charge is -2.25. The smallest absolute Gasteiger partial charge is 0.361 e. The Bertz CT molecular complexity index is 1400. The van der Waals surface area contributed by atoms with E-state index in [-0.39, 0.29) is 32.2 Å². The van der Waals surface area contributed by atoms with Crippen molar-refractivity contribution in [1.82, 2.24) is 0 Å². The molecule has 2 unspecified atom stereocenters. The summed E-state index contributed by atoms with van der Waals surface area (Å²) in [6, 6.07) is 0. The van der Waals surface area contributed by atoms with E-state index in [4.69, 9.17) is 18.9 Å². The fourth-order valence-electron chi connectivity index (χ4n) is 7.40. The van der Waals surface area contributed by atoms with E-state index in [2.05, 4.69) is 98.9 Å². The van der Waals surface area contributed by atoms with E-state index < -0.39 is 24.3 Å². The molecule has 0 aliphatic heterocycles. The van der Waals surface area contributed by atoms with E-state index in [1.54, 1.807) is 0 Å². The van der Waals surface area contributed by atoms with Gasteiger partial charge in [0.25, 0.3) is 6.29 Å². The highest BCUT2D eigenvalue weighted by atomic mass is 16.7. The number of rotatable bonds is 50. The molecule has 0 aromatic rings. The lowest BCUT2D eigenvalue weighted by atomic mass is 10.0. The van der Waals surface area contributed by atoms with Gasteiger partial charge in [0.05, 0.1) is 34.4 Å². The number of carboxylic acids is 1. The molecule has 0 aliphatic rings. The molecule has 0 aromatic heterocycles. The van der Waals surface area contributed by atoms with Gasteiger partial charge in [-0.25, -0.2) is 4.79 Å². The standard InChI is InChI=1S/C60H103NO8/c1-6-8-10-12-14-16-18-20-21-22-23-24-25-26-27-28-29-30-31-32-33-34-35-36-37-39-41-43-45-47-49-51-58(63)69-56(55-68-60(59(64)65)66-53-52-61(3,4)5)54-67-57(62)50-48-46-44-42-40-38-19-17-15-13-11-9-7-2/h8,10,14,16,20-21,23-24,26-27,29-30,32-33,56,60H,6-7,9,11-13,15,17-19,22,25,28,31,34-55H2,1-5H3/p+1/b10-8-,16-14-,21-20-,24-23-,27-26-,30-29-,33-32-. The molecule has 0 amide bonds. The molecule has 2 atom stereocenters. The van der Waals surface area contributed by atoms with Gasteiger partial charge in [0.2, 0.25) is 0 Å². The third-order valence-electron chi connectivity index (χ3n) is 11.7. The van der Waals surface area contributed by atoms with Crippen LogP contribution in [0.25, 0.3) is 0 Å². The maximum atomic E-state index is 12.8. The normalized spacial score (nSPS) is 13.5. The largest absolute Gasteiger partial charge is 0.477 e. The Kier molecular flexibility index (Phi) is 48.2. The summed E-state index contributed by atoms with van der Waals surface area (Å²) >= 11 is 0. The molecule has 69 heavy (non-hydrogen) atoms. The minimum atomic E-state index is -1.51. The Morgan fingerprint density at radius 3 is 1.23 bits per heavy atom. The number of hydrogen-bond acceptors (Lipinski definition) is 7. The number of ether oxygens (including phenoxy) is 4. The number of allylic oxidation sites excluding steroid dienone is 14. The first kappa shape index (κ1) is 65.5. The molecule has 0 rings (SSSR count). The van der Waals surface area contributed by atoms with Crippen molar-refractivity contribution < 1.29 is 42.9 Å². The molecule has 0 aromatic carbocycles. The molecule has 0 radical (unpaired) electrons. The lowest BCUT2D eigenvalue weighted by molar-refractivity contribution is -0.870. The molecule has 0 aliphatic carbocycles. The Morgan fingerprint density at radius 2 is 0.826 bits per heavy atom. The number of likely N-dealkylation sites (N-methyl/N-ethyl adjacent to an activating group) is 1. The van der Waals surface area contributed by atoms with Gasteiger partial charge >= 0.3 is 17.9 Å². The minimum Gasteiger partial charge on any atom is -0.477 e. The monoisotopic (exact) mass is 967 g/mol. The fraction of sp³-hybridized carbons (Fsp3) is 0.717. The van der Waals surface area contributed by atoms with Gasteiger partial charge < -0.3 is 28.5 Å². The molecule has 0 fully saturated rings. The van der Waals surface area contributed by atoms with Gasteiger partial charge in [0.15, 0.2) is 6.10 Å². The highest BCUT2D eigenvalue weighted by Crippen LogP contribution is 2.15. The Balaban J connectivity index is 4.23. The summed E-state index contributed by atoms with van der Waals surface area (Å²) < 4.78 is 22.8. The van der Waals surface area contributed by atoms with Crippen LogP contribution in [0.3, 0.4) is 0 Å². The second-order valence-electron chi connectivity index (χ2n) is 19.5. The number of esters is 2. The van der Waals surface area contributed by atoms with Crippen molar-refractivity contribution in [3.63, 3.8) is 0 Å². The lowest BCUT2D eigenvalue weighted by Crippen LogP contribution is -2.40. The number of unbranched alkanes of at least 4 members (excludes halogenated alkanes) is 21. The number of aliphatic carboxylic acids is 1. The van der Waals surface area contributed by atoms with Crippen molar-refractivity contribution in [2.45, 2.75) is 232 Å². The molecule has 1 N–H and O–H groups in total. The summed E-state index contributed by atoms with van der Waals surface area (Å²) in [6.45, 7) is 4.75. The first-order chi connectivity index (χ1) is 33.6. The van der Waals surface area contributed by atoms with Crippen LogP contribution in [0.1, 0.15) is 219 Å². The van der Waals surface area contributed by atoms with Crippen LogP contribution in [-0.4, -0.2) is 87.4 Å². The third kappa shape index (κ3) is 52.1. The van der Waals surface area contributed by atoms with Crippen molar-refractivity contribution in [3.05, 3.63) is 85.1 Å². The van der Waals surface area contributed by atoms with Crippen LogP contribution in [0.15, 0.2) is 85.1 Å². The zero-order valence-corrected chi connectivity index (χ0v) is 44.9. The molecule has 9 nitrogen and oxygen atoms in total. The summed E-state index contributed by atoms with van der Waals surface area (Å²) in [4.78, 5) is 37.3. The minimum absolute atomic E-state index is 0.184. The van der Waals surface area contributed by atoms with Gasteiger partial charge in [-0.05, 0) is 70.6 Å².